The molecule has 154 valence electrons. The van der Waals surface area contributed by atoms with Gasteiger partial charge in [0.2, 0.25) is 0 Å². The summed E-state index contributed by atoms with van der Waals surface area (Å²) in [5.41, 5.74) is 4.39. The highest BCUT2D eigenvalue weighted by Gasteiger charge is 2.27. The Morgan fingerprint density at radius 3 is 2.87 bits per heavy atom. The number of rotatable bonds is 6. The van der Waals surface area contributed by atoms with E-state index in [1.807, 2.05) is 59.3 Å². The molecule has 6 heteroatoms. The Hall–Kier alpha value is -3.12. The van der Waals surface area contributed by atoms with E-state index < -0.39 is 0 Å². The Bertz CT molecular complexity index is 1040. The van der Waals surface area contributed by atoms with Crippen molar-refractivity contribution in [2.45, 2.75) is 38.2 Å². The Kier molecular flexibility index (Phi) is 5.24. The van der Waals surface area contributed by atoms with Crippen LogP contribution in [-0.4, -0.2) is 35.0 Å². The zero-order valence-corrected chi connectivity index (χ0v) is 16.8. The Morgan fingerprint density at radius 2 is 2.03 bits per heavy atom. The molecule has 30 heavy (non-hydrogen) atoms. The van der Waals surface area contributed by atoms with Crippen LogP contribution < -0.4 is 10.1 Å². The van der Waals surface area contributed by atoms with Crippen LogP contribution in [0.15, 0.2) is 54.6 Å². The molecule has 1 N–H and O–H groups in total. The van der Waals surface area contributed by atoms with Crippen LogP contribution in [0.2, 0.25) is 0 Å². The lowest BCUT2D eigenvalue weighted by molar-refractivity contribution is 0.0680. The van der Waals surface area contributed by atoms with E-state index in [1.54, 1.807) is 0 Å². The monoisotopic (exact) mass is 403 g/mol. The highest BCUT2D eigenvalue weighted by atomic mass is 16.5. The summed E-state index contributed by atoms with van der Waals surface area (Å²) in [6.45, 7) is 1.34. The molecule has 1 aliphatic heterocycles. The number of nitrogens with zero attached hydrogens (tertiary/aromatic N) is 2. The number of ether oxygens (including phenoxy) is 2. The molecule has 6 nitrogen and oxygen atoms in total. The molecule has 1 saturated heterocycles. The summed E-state index contributed by atoms with van der Waals surface area (Å²) < 4.78 is 13.4. The number of fused-ring (bicyclic) bond motifs is 1. The maximum absolute atomic E-state index is 13.0. The number of aromatic nitrogens is 2. The molecule has 1 aromatic heterocycles. The number of anilines is 1. The van der Waals surface area contributed by atoms with Gasteiger partial charge < -0.3 is 14.8 Å². The molecule has 5 rings (SSSR count). The molecule has 1 fully saturated rings. The minimum Gasteiger partial charge on any atom is -0.491 e. The van der Waals surface area contributed by atoms with Crippen LogP contribution >= 0.6 is 0 Å². The van der Waals surface area contributed by atoms with Gasteiger partial charge in [0.05, 0.1) is 11.8 Å². The highest BCUT2D eigenvalue weighted by Crippen LogP contribution is 2.28. The number of para-hydroxylation sites is 1. The Morgan fingerprint density at radius 1 is 1.13 bits per heavy atom. The van der Waals surface area contributed by atoms with Crippen molar-refractivity contribution in [3.05, 3.63) is 71.5 Å². The fourth-order valence-electron chi connectivity index (χ4n) is 4.22. The van der Waals surface area contributed by atoms with E-state index in [0.717, 1.165) is 61.4 Å². The van der Waals surface area contributed by atoms with Crippen molar-refractivity contribution in [2.24, 2.45) is 0 Å². The van der Waals surface area contributed by atoms with Crippen molar-refractivity contribution >= 4 is 11.6 Å². The predicted molar refractivity (Wildman–Crippen MR) is 114 cm³/mol. The van der Waals surface area contributed by atoms with Gasteiger partial charge in [0.25, 0.3) is 5.91 Å². The number of amides is 1. The van der Waals surface area contributed by atoms with E-state index in [9.17, 15) is 4.79 Å². The largest absolute Gasteiger partial charge is 0.491 e. The van der Waals surface area contributed by atoms with Gasteiger partial charge in [-0.15, -0.1) is 0 Å². The maximum Gasteiger partial charge on any atom is 0.276 e. The van der Waals surface area contributed by atoms with E-state index in [4.69, 9.17) is 9.47 Å². The Labute approximate surface area is 175 Å². The Balaban J connectivity index is 1.33. The van der Waals surface area contributed by atoms with Gasteiger partial charge in [-0.05, 0) is 56.4 Å². The quantitative estimate of drug-likeness (QED) is 0.671. The molecule has 0 radical (unpaired) electrons. The summed E-state index contributed by atoms with van der Waals surface area (Å²) in [4.78, 5) is 13.0. The van der Waals surface area contributed by atoms with Crippen molar-refractivity contribution in [1.82, 2.24) is 9.78 Å². The normalized spacial score (nSPS) is 17.7. The van der Waals surface area contributed by atoms with Crippen molar-refractivity contribution < 1.29 is 14.3 Å². The maximum atomic E-state index is 13.0. The number of nitrogens with one attached hydrogen (secondary N) is 1. The summed E-state index contributed by atoms with van der Waals surface area (Å²) >= 11 is 0. The zero-order valence-electron chi connectivity index (χ0n) is 16.8. The third-order valence-electron chi connectivity index (χ3n) is 5.70. The fourth-order valence-corrected chi connectivity index (χ4v) is 4.22. The number of hydrogen-bond acceptors (Lipinski definition) is 4. The molecule has 1 atom stereocenters. The van der Waals surface area contributed by atoms with Gasteiger partial charge >= 0.3 is 0 Å². The average Bonchev–Trinajstić information content (AvgIpc) is 3.51. The second kappa shape index (κ2) is 8.32. The molecule has 2 aliphatic rings. The third kappa shape index (κ3) is 3.83. The van der Waals surface area contributed by atoms with E-state index in [-0.39, 0.29) is 12.0 Å². The summed E-state index contributed by atoms with van der Waals surface area (Å²) in [7, 11) is 0. The molecule has 1 aliphatic carbocycles. The standard InChI is InChI=1S/C24H25N3O3/c28-24(25-17-7-4-10-19(15-17)30-16-20-11-6-14-29-20)23-21-12-5-13-22(21)27(26-23)18-8-2-1-3-9-18/h1-4,7-10,15,20H,5-6,11-14,16H2,(H,25,28). The smallest absolute Gasteiger partial charge is 0.276 e. The molecule has 0 saturated carbocycles. The van der Waals surface area contributed by atoms with Gasteiger partial charge in [0.15, 0.2) is 5.69 Å². The minimum absolute atomic E-state index is 0.160. The topological polar surface area (TPSA) is 65.4 Å². The summed E-state index contributed by atoms with van der Waals surface area (Å²) in [6.07, 6.45) is 5.16. The van der Waals surface area contributed by atoms with Crippen LogP contribution in [0.5, 0.6) is 5.75 Å². The molecule has 2 aromatic carbocycles. The van der Waals surface area contributed by atoms with Crippen LogP contribution in [0.3, 0.4) is 0 Å². The summed E-state index contributed by atoms with van der Waals surface area (Å²) in [5.74, 6) is 0.544. The fraction of sp³-hybridized carbons (Fsp3) is 0.333. The van der Waals surface area contributed by atoms with Gasteiger partial charge in [-0.3, -0.25) is 4.79 Å². The van der Waals surface area contributed by atoms with Crippen molar-refractivity contribution in [3.63, 3.8) is 0 Å². The van der Waals surface area contributed by atoms with Crippen LogP contribution in [-0.2, 0) is 17.6 Å². The van der Waals surface area contributed by atoms with E-state index in [2.05, 4.69) is 10.4 Å². The molecule has 1 amide bonds. The minimum atomic E-state index is -0.181. The van der Waals surface area contributed by atoms with Gasteiger partial charge in [-0.1, -0.05) is 24.3 Å². The molecular weight excluding hydrogens is 378 g/mol. The SMILES string of the molecule is O=C(Nc1cccc(OCC2CCCO2)c1)c1nn(-c2ccccc2)c2c1CCC2. The lowest BCUT2D eigenvalue weighted by Gasteiger charge is -2.12. The van der Waals surface area contributed by atoms with Gasteiger partial charge in [-0.2, -0.15) is 5.10 Å². The molecule has 2 heterocycles. The van der Waals surface area contributed by atoms with Gasteiger partial charge in [0, 0.05) is 29.6 Å². The zero-order chi connectivity index (χ0) is 20.3. The van der Waals surface area contributed by atoms with Gasteiger partial charge in [0.1, 0.15) is 12.4 Å². The van der Waals surface area contributed by atoms with E-state index >= 15 is 0 Å². The number of hydrogen-bond donors (Lipinski definition) is 1. The highest BCUT2D eigenvalue weighted by molar-refractivity contribution is 6.04. The first-order valence-corrected chi connectivity index (χ1v) is 10.6. The van der Waals surface area contributed by atoms with Crippen LogP contribution in [0.1, 0.15) is 41.0 Å². The van der Waals surface area contributed by atoms with Crippen LogP contribution in [0.4, 0.5) is 5.69 Å². The molecule has 1 unspecified atom stereocenters. The van der Waals surface area contributed by atoms with E-state index in [0.29, 0.717) is 18.0 Å². The first kappa shape index (κ1) is 18.9. The molecule has 0 spiro atoms. The number of carbonyl (C=O) groups is 1. The van der Waals surface area contributed by atoms with Crippen molar-refractivity contribution in [3.8, 4) is 11.4 Å². The summed E-state index contributed by atoms with van der Waals surface area (Å²) in [5, 5.41) is 7.66. The van der Waals surface area contributed by atoms with Crippen LogP contribution in [0.25, 0.3) is 5.69 Å². The number of carbonyl (C=O) groups excluding carboxylic acids is 1. The first-order valence-electron chi connectivity index (χ1n) is 10.6. The van der Waals surface area contributed by atoms with Crippen LogP contribution in [0, 0.1) is 0 Å². The second-order valence-corrected chi connectivity index (χ2v) is 7.80. The van der Waals surface area contributed by atoms with Crippen molar-refractivity contribution in [1.29, 1.82) is 0 Å². The van der Waals surface area contributed by atoms with E-state index in [1.165, 1.54) is 0 Å². The average molecular weight is 403 g/mol. The number of benzene rings is 2. The summed E-state index contributed by atoms with van der Waals surface area (Å²) in [6, 6.07) is 17.5. The third-order valence-corrected chi connectivity index (χ3v) is 5.70. The predicted octanol–water partition coefficient (Wildman–Crippen LogP) is 4.17. The second-order valence-electron chi connectivity index (χ2n) is 7.80. The first-order chi connectivity index (χ1) is 14.8. The molecule has 0 bridgehead atoms. The van der Waals surface area contributed by atoms with Gasteiger partial charge in [-0.25, -0.2) is 4.68 Å². The van der Waals surface area contributed by atoms with Crippen molar-refractivity contribution in [2.75, 3.05) is 18.5 Å². The lowest BCUT2D eigenvalue weighted by atomic mass is 10.2. The molecule has 3 aromatic rings. The molecular formula is C24H25N3O3. The lowest BCUT2D eigenvalue weighted by Crippen LogP contribution is -2.17.